The Morgan fingerprint density at radius 1 is 1.00 bits per heavy atom. The molecule has 0 saturated heterocycles. The number of esters is 1. The molecule has 0 aromatic carbocycles. The van der Waals surface area contributed by atoms with Gasteiger partial charge in [-0.3, -0.25) is 9.59 Å². The summed E-state index contributed by atoms with van der Waals surface area (Å²) in [5, 5.41) is 8.68. The molecule has 0 aliphatic rings. The van der Waals surface area contributed by atoms with Crippen LogP contribution in [0.2, 0.25) is 0 Å². The monoisotopic (exact) mass is 340 g/mol. The number of carboxylic acid groups (broad SMARTS) is 1. The van der Waals surface area contributed by atoms with Gasteiger partial charge in [-0.15, -0.1) is 0 Å². The fourth-order valence-corrected chi connectivity index (χ4v) is 1.78. The molecule has 0 aromatic heterocycles. The first-order chi connectivity index (χ1) is 11.5. The summed E-state index contributed by atoms with van der Waals surface area (Å²) in [6.07, 6.45) is 15.2. The van der Waals surface area contributed by atoms with Gasteiger partial charge in [0.15, 0.2) is 0 Å². The van der Waals surface area contributed by atoms with Crippen LogP contribution in [0.5, 0.6) is 0 Å². The van der Waals surface area contributed by atoms with Crippen molar-refractivity contribution in [2.24, 2.45) is 5.92 Å². The van der Waals surface area contributed by atoms with Crippen LogP contribution in [0, 0.1) is 5.92 Å². The topological polar surface area (TPSA) is 63.6 Å². The Balaban J connectivity index is 0. The molecule has 4 heteroatoms. The van der Waals surface area contributed by atoms with Crippen LogP contribution in [0.15, 0.2) is 24.3 Å². The van der Waals surface area contributed by atoms with Gasteiger partial charge >= 0.3 is 11.9 Å². The third kappa shape index (κ3) is 18.5. The number of aliphatic carboxylic acids is 1. The van der Waals surface area contributed by atoms with E-state index in [4.69, 9.17) is 9.84 Å². The molecule has 24 heavy (non-hydrogen) atoms. The Morgan fingerprint density at radius 3 is 2.21 bits per heavy atom. The van der Waals surface area contributed by atoms with E-state index < -0.39 is 5.97 Å². The van der Waals surface area contributed by atoms with Gasteiger partial charge in [-0.05, 0) is 32.1 Å². The van der Waals surface area contributed by atoms with Gasteiger partial charge in [0, 0.05) is 6.42 Å². The number of hydrogen-bond acceptors (Lipinski definition) is 3. The second-order valence-corrected chi connectivity index (χ2v) is 5.56. The van der Waals surface area contributed by atoms with Gasteiger partial charge in [-0.1, -0.05) is 64.8 Å². The fraction of sp³-hybridized carbons (Fsp3) is 0.700. The number of rotatable bonds is 12. The van der Waals surface area contributed by atoms with E-state index in [2.05, 4.69) is 19.9 Å². The third-order valence-corrected chi connectivity index (χ3v) is 3.25. The summed E-state index contributed by atoms with van der Waals surface area (Å²) in [7, 11) is 0. The van der Waals surface area contributed by atoms with Crippen LogP contribution in [0.1, 0.15) is 79.1 Å². The summed E-state index contributed by atoms with van der Waals surface area (Å²) in [5.74, 6) is -1.09. The van der Waals surface area contributed by atoms with Gasteiger partial charge in [0.2, 0.25) is 0 Å². The summed E-state index contributed by atoms with van der Waals surface area (Å²) in [6, 6.07) is 0. The van der Waals surface area contributed by atoms with Crippen LogP contribution in [-0.4, -0.2) is 23.7 Å². The second kappa shape index (κ2) is 19.5. The number of allylic oxidation sites excluding steroid dienone is 2. The number of carboxylic acids is 1. The SMILES string of the molecule is CC/C=C\CCOC(=O)CCC.CCCCC=CC(CC)C(=O)O. The summed E-state index contributed by atoms with van der Waals surface area (Å²) < 4.78 is 4.94. The first kappa shape index (κ1) is 24.7. The summed E-state index contributed by atoms with van der Waals surface area (Å²) in [4.78, 5) is 21.4. The zero-order chi connectivity index (χ0) is 18.6. The average molecular weight is 341 g/mol. The first-order valence-electron chi connectivity index (χ1n) is 9.23. The van der Waals surface area contributed by atoms with Crippen LogP contribution in [0.4, 0.5) is 0 Å². The quantitative estimate of drug-likeness (QED) is 0.288. The smallest absolute Gasteiger partial charge is 0.310 e. The molecule has 140 valence electrons. The van der Waals surface area contributed by atoms with Crippen molar-refractivity contribution >= 4 is 11.9 Å². The van der Waals surface area contributed by atoms with Crippen molar-refractivity contribution in [3.8, 4) is 0 Å². The van der Waals surface area contributed by atoms with E-state index in [0.29, 0.717) is 19.4 Å². The van der Waals surface area contributed by atoms with E-state index in [-0.39, 0.29) is 11.9 Å². The van der Waals surface area contributed by atoms with Gasteiger partial charge in [-0.2, -0.15) is 0 Å². The van der Waals surface area contributed by atoms with Gasteiger partial charge in [0.1, 0.15) is 0 Å². The Kier molecular flexibility index (Phi) is 20.0. The maximum atomic E-state index is 10.8. The van der Waals surface area contributed by atoms with E-state index >= 15 is 0 Å². The highest BCUT2D eigenvalue weighted by Crippen LogP contribution is 2.06. The lowest BCUT2D eigenvalue weighted by Crippen LogP contribution is -2.08. The molecule has 0 radical (unpaired) electrons. The highest BCUT2D eigenvalue weighted by atomic mass is 16.5. The highest BCUT2D eigenvalue weighted by molar-refractivity contribution is 5.71. The predicted octanol–water partition coefficient (Wildman–Crippen LogP) is 5.53. The second-order valence-electron chi connectivity index (χ2n) is 5.56. The average Bonchev–Trinajstić information content (AvgIpc) is 2.55. The lowest BCUT2D eigenvalue weighted by atomic mass is 10.1. The molecule has 0 bridgehead atoms. The highest BCUT2D eigenvalue weighted by Gasteiger charge is 2.09. The molecule has 0 saturated carbocycles. The minimum Gasteiger partial charge on any atom is -0.481 e. The minimum atomic E-state index is -0.717. The van der Waals surface area contributed by atoms with E-state index in [1.165, 1.54) is 0 Å². The molecule has 0 fully saturated rings. The molecular weight excluding hydrogens is 304 g/mol. The van der Waals surface area contributed by atoms with Gasteiger partial charge < -0.3 is 9.84 Å². The number of hydrogen-bond donors (Lipinski definition) is 1. The van der Waals surface area contributed by atoms with Gasteiger partial charge in [0.25, 0.3) is 0 Å². The standard InChI is InChI=1S/2C10H18O2/c1-3-5-6-7-8-9(4-2)10(11)12;1-3-5-6-7-9-12-10(11)8-4-2/h7-9H,3-6H2,1-2H3,(H,11,12);5-6H,3-4,7-9H2,1-2H3/b;6-5-. The zero-order valence-electron chi connectivity index (χ0n) is 15.9. The normalized spacial score (nSPS) is 12.0. The van der Waals surface area contributed by atoms with Crippen LogP contribution >= 0.6 is 0 Å². The van der Waals surface area contributed by atoms with Crippen molar-refractivity contribution in [2.75, 3.05) is 6.61 Å². The van der Waals surface area contributed by atoms with Crippen LogP contribution in [0.3, 0.4) is 0 Å². The molecule has 1 N–H and O–H groups in total. The van der Waals surface area contributed by atoms with E-state index in [0.717, 1.165) is 38.5 Å². The molecule has 0 spiro atoms. The Hall–Kier alpha value is -1.58. The molecule has 0 heterocycles. The Labute approximate surface area is 148 Å². The number of carbonyl (C=O) groups is 2. The number of ether oxygens (including phenoxy) is 1. The van der Waals surface area contributed by atoms with Crippen molar-refractivity contribution in [2.45, 2.75) is 79.1 Å². The maximum Gasteiger partial charge on any atom is 0.310 e. The van der Waals surface area contributed by atoms with E-state index in [1.807, 2.05) is 26.0 Å². The molecule has 0 aromatic rings. The van der Waals surface area contributed by atoms with Gasteiger partial charge in [-0.25, -0.2) is 0 Å². The molecule has 0 aliphatic carbocycles. The molecular formula is C20H36O4. The lowest BCUT2D eigenvalue weighted by Gasteiger charge is -2.01. The Bertz CT molecular complexity index is 359. The molecule has 0 aliphatic heterocycles. The molecule has 4 nitrogen and oxygen atoms in total. The number of unbranched alkanes of at least 4 members (excludes halogenated alkanes) is 2. The third-order valence-electron chi connectivity index (χ3n) is 3.25. The Morgan fingerprint density at radius 2 is 1.71 bits per heavy atom. The van der Waals surface area contributed by atoms with Crippen LogP contribution < -0.4 is 0 Å². The summed E-state index contributed by atoms with van der Waals surface area (Å²) >= 11 is 0. The van der Waals surface area contributed by atoms with Crippen molar-refractivity contribution in [3.05, 3.63) is 24.3 Å². The van der Waals surface area contributed by atoms with Crippen LogP contribution in [-0.2, 0) is 14.3 Å². The molecule has 0 amide bonds. The molecule has 0 rings (SSSR count). The predicted molar refractivity (Wildman–Crippen MR) is 100.0 cm³/mol. The van der Waals surface area contributed by atoms with Crippen molar-refractivity contribution in [3.63, 3.8) is 0 Å². The van der Waals surface area contributed by atoms with Crippen molar-refractivity contribution < 1.29 is 19.4 Å². The summed E-state index contributed by atoms with van der Waals surface area (Å²) in [5.41, 5.74) is 0. The minimum absolute atomic E-state index is 0.0811. The molecule has 1 unspecified atom stereocenters. The first-order valence-corrected chi connectivity index (χ1v) is 9.23. The van der Waals surface area contributed by atoms with Gasteiger partial charge in [0.05, 0.1) is 12.5 Å². The zero-order valence-corrected chi connectivity index (χ0v) is 15.9. The van der Waals surface area contributed by atoms with E-state index in [9.17, 15) is 9.59 Å². The number of carbonyl (C=O) groups excluding carboxylic acids is 1. The van der Waals surface area contributed by atoms with Crippen molar-refractivity contribution in [1.29, 1.82) is 0 Å². The largest absolute Gasteiger partial charge is 0.481 e. The van der Waals surface area contributed by atoms with Crippen molar-refractivity contribution in [1.82, 2.24) is 0 Å². The molecule has 1 atom stereocenters. The van der Waals surface area contributed by atoms with E-state index in [1.54, 1.807) is 6.08 Å². The summed E-state index contributed by atoms with van der Waals surface area (Å²) in [6.45, 7) is 8.60. The van der Waals surface area contributed by atoms with Crippen LogP contribution in [0.25, 0.3) is 0 Å². The fourth-order valence-electron chi connectivity index (χ4n) is 1.78. The maximum absolute atomic E-state index is 10.8. The lowest BCUT2D eigenvalue weighted by molar-refractivity contribution is -0.143.